The molecule has 0 amide bonds. The third-order valence-corrected chi connectivity index (χ3v) is 1.57. The van der Waals surface area contributed by atoms with Gasteiger partial charge in [0.25, 0.3) is 0 Å². The van der Waals surface area contributed by atoms with Crippen molar-refractivity contribution in [2.45, 2.75) is 32.9 Å². The molecule has 0 aromatic rings. The third-order valence-electron chi connectivity index (χ3n) is 1.57. The topological polar surface area (TPSA) is 70.8 Å². The first kappa shape index (κ1) is 14.3. The van der Waals surface area contributed by atoms with Gasteiger partial charge in [0.15, 0.2) is 0 Å². The van der Waals surface area contributed by atoms with Crippen LogP contribution in [0.2, 0.25) is 0 Å². The second kappa shape index (κ2) is 8.64. The minimum Gasteiger partial charge on any atom is -0.465 e. The Morgan fingerprint density at radius 1 is 1.33 bits per heavy atom. The molecule has 0 saturated carbocycles. The molecule has 0 radical (unpaired) electrons. The zero-order chi connectivity index (χ0) is 11.7. The van der Waals surface area contributed by atoms with Gasteiger partial charge in [-0.1, -0.05) is 0 Å². The molecule has 0 fully saturated rings. The van der Waals surface area contributed by atoms with Crippen LogP contribution in [0.25, 0.3) is 0 Å². The van der Waals surface area contributed by atoms with Gasteiger partial charge in [-0.3, -0.25) is 4.79 Å². The fourth-order valence-electron chi connectivity index (χ4n) is 0.870. The maximum Gasteiger partial charge on any atom is 0.325 e. The smallest absolute Gasteiger partial charge is 0.325 e. The predicted octanol–water partition coefficient (Wildman–Crippen LogP) is 0.318. The number of nitrogens with two attached hydrogens (primary N) is 1. The lowest BCUT2D eigenvalue weighted by Crippen LogP contribution is -2.37. The summed E-state index contributed by atoms with van der Waals surface area (Å²) in [6.45, 7) is 7.08. The zero-order valence-corrected chi connectivity index (χ0v) is 9.69. The second-order valence-electron chi connectivity index (χ2n) is 3.35. The first-order valence-electron chi connectivity index (χ1n) is 5.19. The van der Waals surface area contributed by atoms with Crippen LogP contribution in [0.15, 0.2) is 0 Å². The normalized spacial score (nSPS) is 12.9. The van der Waals surface area contributed by atoms with Crippen molar-refractivity contribution in [2.75, 3.05) is 26.4 Å². The Hall–Kier alpha value is -0.650. The molecule has 5 nitrogen and oxygen atoms in total. The van der Waals surface area contributed by atoms with Gasteiger partial charge in [0.2, 0.25) is 0 Å². The van der Waals surface area contributed by atoms with E-state index in [-0.39, 0.29) is 12.7 Å². The van der Waals surface area contributed by atoms with E-state index in [2.05, 4.69) is 0 Å². The van der Waals surface area contributed by atoms with E-state index in [4.69, 9.17) is 19.9 Å². The molecule has 1 atom stereocenters. The number of ether oxygens (including phenoxy) is 3. The lowest BCUT2D eigenvalue weighted by molar-refractivity contribution is -0.146. The standard InChI is InChI=1S/C10H21NO4/c1-4-14-10(12)9(11)7-13-5-6-15-8(2)3/h8-9H,4-7,11H2,1-3H3. The van der Waals surface area contributed by atoms with Crippen LogP contribution < -0.4 is 5.73 Å². The molecular weight excluding hydrogens is 198 g/mol. The summed E-state index contributed by atoms with van der Waals surface area (Å²) in [5.41, 5.74) is 5.50. The average Bonchev–Trinajstić information content (AvgIpc) is 2.16. The summed E-state index contributed by atoms with van der Waals surface area (Å²) in [6, 6.07) is -0.705. The molecule has 0 heterocycles. The van der Waals surface area contributed by atoms with Crippen molar-refractivity contribution in [1.29, 1.82) is 0 Å². The molecule has 0 spiro atoms. The summed E-state index contributed by atoms with van der Waals surface area (Å²) in [6.07, 6.45) is 0.187. The van der Waals surface area contributed by atoms with Crippen molar-refractivity contribution in [3.63, 3.8) is 0 Å². The van der Waals surface area contributed by atoms with Gasteiger partial charge in [-0.05, 0) is 20.8 Å². The first-order chi connectivity index (χ1) is 7.07. The van der Waals surface area contributed by atoms with E-state index in [1.807, 2.05) is 13.8 Å². The number of hydrogen-bond acceptors (Lipinski definition) is 5. The minimum absolute atomic E-state index is 0.167. The number of carbonyl (C=O) groups is 1. The Balaban J connectivity index is 3.38. The van der Waals surface area contributed by atoms with Gasteiger partial charge in [-0.15, -0.1) is 0 Å². The Morgan fingerprint density at radius 2 is 2.00 bits per heavy atom. The summed E-state index contributed by atoms with van der Waals surface area (Å²) in [5.74, 6) is -0.428. The van der Waals surface area contributed by atoms with Crippen LogP contribution in [-0.4, -0.2) is 44.5 Å². The van der Waals surface area contributed by atoms with Crippen molar-refractivity contribution in [3.8, 4) is 0 Å². The van der Waals surface area contributed by atoms with E-state index in [0.29, 0.717) is 19.8 Å². The number of rotatable bonds is 8. The van der Waals surface area contributed by atoms with E-state index in [1.165, 1.54) is 0 Å². The van der Waals surface area contributed by atoms with Crippen LogP contribution in [0.5, 0.6) is 0 Å². The average molecular weight is 219 g/mol. The maximum absolute atomic E-state index is 11.1. The maximum atomic E-state index is 11.1. The fourth-order valence-corrected chi connectivity index (χ4v) is 0.870. The predicted molar refractivity (Wildman–Crippen MR) is 56.5 cm³/mol. The van der Waals surface area contributed by atoms with E-state index in [1.54, 1.807) is 6.92 Å². The Kier molecular flexibility index (Phi) is 8.27. The molecule has 0 aromatic heterocycles. The van der Waals surface area contributed by atoms with Gasteiger partial charge >= 0.3 is 5.97 Å². The van der Waals surface area contributed by atoms with E-state index in [9.17, 15) is 4.79 Å². The van der Waals surface area contributed by atoms with E-state index >= 15 is 0 Å². The Bertz CT molecular complexity index is 173. The monoisotopic (exact) mass is 219 g/mol. The summed E-state index contributed by atoms with van der Waals surface area (Å²) in [7, 11) is 0. The SMILES string of the molecule is CCOC(=O)C(N)COCCOC(C)C. The quantitative estimate of drug-likeness (QED) is 0.470. The number of hydrogen-bond donors (Lipinski definition) is 1. The highest BCUT2D eigenvalue weighted by molar-refractivity contribution is 5.75. The van der Waals surface area contributed by atoms with Gasteiger partial charge in [0, 0.05) is 0 Å². The minimum atomic E-state index is -0.705. The molecule has 2 N–H and O–H groups in total. The molecule has 0 aliphatic carbocycles. The van der Waals surface area contributed by atoms with Gasteiger partial charge in [-0.25, -0.2) is 0 Å². The van der Waals surface area contributed by atoms with E-state index in [0.717, 1.165) is 0 Å². The van der Waals surface area contributed by atoms with Gasteiger partial charge < -0.3 is 19.9 Å². The summed E-state index contributed by atoms with van der Waals surface area (Å²) < 4.78 is 15.1. The third kappa shape index (κ3) is 8.35. The fraction of sp³-hybridized carbons (Fsp3) is 0.900. The van der Waals surface area contributed by atoms with Gasteiger partial charge in [0.05, 0.1) is 32.5 Å². The molecule has 90 valence electrons. The number of esters is 1. The lowest BCUT2D eigenvalue weighted by Gasteiger charge is -2.11. The van der Waals surface area contributed by atoms with E-state index < -0.39 is 12.0 Å². The molecular formula is C10H21NO4. The molecule has 0 bridgehead atoms. The van der Waals surface area contributed by atoms with Crippen LogP contribution >= 0.6 is 0 Å². The molecule has 0 aliphatic heterocycles. The van der Waals surface area contributed by atoms with Crippen LogP contribution in [0.3, 0.4) is 0 Å². The molecule has 0 saturated heterocycles. The van der Waals surface area contributed by atoms with Crippen LogP contribution in [0.1, 0.15) is 20.8 Å². The highest BCUT2D eigenvalue weighted by atomic mass is 16.5. The molecule has 15 heavy (non-hydrogen) atoms. The number of carbonyl (C=O) groups excluding carboxylic acids is 1. The Morgan fingerprint density at radius 3 is 2.53 bits per heavy atom. The first-order valence-corrected chi connectivity index (χ1v) is 5.19. The summed E-state index contributed by atoms with van der Waals surface area (Å²) in [4.78, 5) is 11.1. The van der Waals surface area contributed by atoms with Crippen LogP contribution in [-0.2, 0) is 19.0 Å². The lowest BCUT2D eigenvalue weighted by atomic mass is 10.3. The summed E-state index contributed by atoms with van der Waals surface area (Å²) >= 11 is 0. The van der Waals surface area contributed by atoms with Crippen molar-refractivity contribution in [3.05, 3.63) is 0 Å². The second-order valence-corrected chi connectivity index (χ2v) is 3.35. The molecule has 0 aromatic carbocycles. The van der Waals surface area contributed by atoms with Crippen LogP contribution in [0.4, 0.5) is 0 Å². The molecule has 0 aliphatic rings. The van der Waals surface area contributed by atoms with Crippen molar-refractivity contribution >= 4 is 5.97 Å². The summed E-state index contributed by atoms with van der Waals surface area (Å²) in [5, 5.41) is 0. The zero-order valence-electron chi connectivity index (χ0n) is 9.69. The highest BCUT2D eigenvalue weighted by Crippen LogP contribution is 1.90. The largest absolute Gasteiger partial charge is 0.465 e. The highest BCUT2D eigenvalue weighted by Gasteiger charge is 2.13. The molecule has 5 heteroatoms. The molecule has 0 rings (SSSR count). The van der Waals surface area contributed by atoms with Gasteiger partial charge in [-0.2, -0.15) is 0 Å². The van der Waals surface area contributed by atoms with Crippen molar-refractivity contribution in [1.82, 2.24) is 0 Å². The van der Waals surface area contributed by atoms with Crippen LogP contribution in [0, 0.1) is 0 Å². The molecule has 1 unspecified atom stereocenters. The van der Waals surface area contributed by atoms with Gasteiger partial charge in [0.1, 0.15) is 6.04 Å². The Labute approximate surface area is 90.9 Å². The van der Waals surface area contributed by atoms with Crippen molar-refractivity contribution < 1.29 is 19.0 Å². The van der Waals surface area contributed by atoms with Crippen molar-refractivity contribution in [2.24, 2.45) is 5.73 Å².